The SMILES string of the molecule is CCc1c(C)cccc1OCc1ccc(CN2CCOCC2)cc1. The fraction of sp³-hybridized carbons (Fsp3) is 0.429. The Kier molecular flexibility index (Phi) is 5.89. The smallest absolute Gasteiger partial charge is 0.123 e. The maximum atomic E-state index is 6.06. The Bertz CT molecular complexity index is 645. The molecule has 1 heterocycles. The van der Waals surface area contributed by atoms with Gasteiger partial charge in [0.05, 0.1) is 13.2 Å². The molecule has 0 aromatic heterocycles. The van der Waals surface area contributed by atoms with E-state index in [1.165, 1.54) is 22.3 Å². The summed E-state index contributed by atoms with van der Waals surface area (Å²) in [7, 11) is 0. The Morgan fingerprint density at radius 3 is 2.42 bits per heavy atom. The van der Waals surface area contributed by atoms with Crippen LogP contribution < -0.4 is 4.74 Å². The Hall–Kier alpha value is -1.84. The quantitative estimate of drug-likeness (QED) is 0.802. The average molecular weight is 325 g/mol. The molecular formula is C21H27NO2. The maximum Gasteiger partial charge on any atom is 0.123 e. The molecule has 0 unspecified atom stereocenters. The Morgan fingerprint density at radius 1 is 1.00 bits per heavy atom. The van der Waals surface area contributed by atoms with E-state index in [1.807, 2.05) is 0 Å². The minimum absolute atomic E-state index is 0.619. The Balaban J connectivity index is 1.57. The van der Waals surface area contributed by atoms with Gasteiger partial charge in [-0.2, -0.15) is 0 Å². The molecule has 3 rings (SSSR count). The lowest BCUT2D eigenvalue weighted by molar-refractivity contribution is 0.0342. The van der Waals surface area contributed by atoms with Crippen molar-refractivity contribution in [1.82, 2.24) is 4.90 Å². The Morgan fingerprint density at radius 2 is 1.71 bits per heavy atom. The van der Waals surface area contributed by atoms with Crippen molar-refractivity contribution in [2.24, 2.45) is 0 Å². The van der Waals surface area contributed by atoms with Gasteiger partial charge in [0.1, 0.15) is 12.4 Å². The van der Waals surface area contributed by atoms with Gasteiger partial charge in [0.2, 0.25) is 0 Å². The maximum absolute atomic E-state index is 6.06. The molecule has 0 radical (unpaired) electrons. The van der Waals surface area contributed by atoms with Gasteiger partial charge in [0.25, 0.3) is 0 Å². The molecular weight excluding hydrogens is 298 g/mol. The zero-order valence-electron chi connectivity index (χ0n) is 14.8. The summed E-state index contributed by atoms with van der Waals surface area (Å²) < 4.78 is 11.5. The third-order valence-corrected chi connectivity index (χ3v) is 4.65. The lowest BCUT2D eigenvalue weighted by Crippen LogP contribution is -2.35. The first-order valence-corrected chi connectivity index (χ1v) is 8.85. The minimum atomic E-state index is 0.619. The van der Waals surface area contributed by atoms with E-state index in [1.54, 1.807) is 0 Å². The van der Waals surface area contributed by atoms with Crippen molar-refractivity contribution in [3.05, 3.63) is 64.7 Å². The number of morpholine rings is 1. The van der Waals surface area contributed by atoms with Crippen LogP contribution in [-0.2, 0) is 24.3 Å². The standard InChI is InChI=1S/C21H27NO2/c1-3-20-17(2)5-4-6-21(20)24-16-19-9-7-18(8-10-19)15-22-11-13-23-14-12-22/h4-10H,3,11-16H2,1-2H3. The molecule has 0 saturated carbocycles. The van der Waals surface area contributed by atoms with Crippen LogP contribution in [0.1, 0.15) is 29.2 Å². The first kappa shape index (κ1) is 17.0. The third-order valence-electron chi connectivity index (χ3n) is 4.65. The van der Waals surface area contributed by atoms with Crippen LogP contribution in [0.2, 0.25) is 0 Å². The van der Waals surface area contributed by atoms with E-state index in [9.17, 15) is 0 Å². The number of ether oxygens (including phenoxy) is 2. The molecule has 128 valence electrons. The molecule has 2 aromatic rings. The zero-order valence-corrected chi connectivity index (χ0v) is 14.8. The zero-order chi connectivity index (χ0) is 16.8. The van der Waals surface area contributed by atoms with Gasteiger partial charge in [-0.1, -0.05) is 43.3 Å². The highest BCUT2D eigenvalue weighted by Crippen LogP contribution is 2.23. The van der Waals surface area contributed by atoms with E-state index >= 15 is 0 Å². The molecule has 0 amide bonds. The van der Waals surface area contributed by atoms with Gasteiger partial charge in [-0.3, -0.25) is 4.90 Å². The van der Waals surface area contributed by atoms with Crippen LogP contribution in [-0.4, -0.2) is 31.2 Å². The minimum Gasteiger partial charge on any atom is -0.489 e. The molecule has 24 heavy (non-hydrogen) atoms. The monoisotopic (exact) mass is 325 g/mol. The molecule has 0 bridgehead atoms. The molecule has 0 N–H and O–H groups in total. The van der Waals surface area contributed by atoms with Crippen LogP contribution in [0, 0.1) is 6.92 Å². The molecule has 0 spiro atoms. The number of aryl methyl sites for hydroxylation is 1. The van der Waals surface area contributed by atoms with Gasteiger partial charge in [0, 0.05) is 19.6 Å². The first-order chi connectivity index (χ1) is 11.8. The molecule has 3 nitrogen and oxygen atoms in total. The van der Waals surface area contributed by atoms with Gasteiger partial charge < -0.3 is 9.47 Å². The highest BCUT2D eigenvalue weighted by atomic mass is 16.5. The van der Waals surface area contributed by atoms with Gasteiger partial charge >= 0.3 is 0 Å². The lowest BCUT2D eigenvalue weighted by atomic mass is 10.1. The molecule has 3 heteroatoms. The van der Waals surface area contributed by atoms with Crippen LogP contribution in [0.25, 0.3) is 0 Å². The lowest BCUT2D eigenvalue weighted by Gasteiger charge is -2.26. The number of hydrogen-bond acceptors (Lipinski definition) is 3. The molecule has 1 saturated heterocycles. The van der Waals surface area contributed by atoms with Crippen LogP contribution in [0.4, 0.5) is 0 Å². The highest BCUT2D eigenvalue weighted by Gasteiger charge is 2.10. The summed E-state index contributed by atoms with van der Waals surface area (Å²) in [5.41, 5.74) is 5.17. The topological polar surface area (TPSA) is 21.7 Å². The first-order valence-electron chi connectivity index (χ1n) is 8.85. The number of benzene rings is 2. The third kappa shape index (κ3) is 4.37. The fourth-order valence-electron chi connectivity index (χ4n) is 3.18. The van der Waals surface area contributed by atoms with Crippen molar-refractivity contribution < 1.29 is 9.47 Å². The number of nitrogens with zero attached hydrogens (tertiary/aromatic N) is 1. The molecule has 1 aliphatic rings. The van der Waals surface area contributed by atoms with Crippen LogP contribution in [0.15, 0.2) is 42.5 Å². The Labute approximate surface area is 145 Å². The van der Waals surface area contributed by atoms with Crippen molar-refractivity contribution in [3.8, 4) is 5.75 Å². The van der Waals surface area contributed by atoms with Crippen molar-refractivity contribution in [2.45, 2.75) is 33.4 Å². The fourth-order valence-corrected chi connectivity index (χ4v) is 3.18. The summed E-state index contributed by atoms with van der Waals surface area (Å²) in [5, 5.41) is 0. The largest absolute Gasteiger partial charge is 0.489 e. The summed E-state index contributed by atoms with van der Waals surface area (Å²) >= 11 is 0. The number of hydrogen-bond donors (Lipinski definition) is 0. The van der Waals surface area contributed by atoms with Crippen molar-refractivity contribution in [3.63, 3.8) is 0 Å². The second-order valence-electron chi connectivity index (χ2n) is 6.40. The van der Waals surface area contributed by atoms with E-state index in [2.05, 4.69) is 61.2 Å². The molecule has 0 aliphatic carbocycles. The van der Waals surface area contributed by atoms with Crippen LogP contribution in [0.3, 0.4) is 0 Å². The molecule has 0 atom stereocenters. The summed E-state index contributed by atoms with van der Waals surface area (Å²) in [4.78, 5) is 2.44. The van der Waals surface area contributed by atoms with Gasteiger partial charge in [-0.25, -0.2) is 0 Å². The second kappa shape index (κ2) is 8.32. The number of rotatable bonds is 6. The normalized spacial score (nSPS) is 15.4. The van der Waals surface area contributed by atoms with E-state index in [-0.39, 0.29) is 0 Å². The van der Waals surface area contributed by atoms with E-state index in [0.29, 0.717) is 6.61 Å². The van der Waals surface area contributed by atoms with Gasteiger partial charge in [-0.15, -0.1) is 0 Å². The summed E-state index contributed by atoms with van der Waals surface area (Å²) in [6.45, 7) is 9.69. The van der Waals surface area contributed by atoms with Crippen molar-refractivity contribution >= 4 is 0 Å². The molecule has 1 aliphatic heterocycles. The molecule has 1 fully saturated rings. The van der Waals surface area contributed by atoms with Gasteiger partial charge in [-0.05, 0) is 41.7 Å². The second-order valence-corrected chi connectivity index (χ2v) is 6.40. The van der Waals surface area contributed by atoms with E-state index < -0.39 is 0 Å². The highest BCUT2D eigenvalue weighted by molar-refractivity contribution is 5.39. The van der Waals surface area contributed by atoms with Crippen LogP contribution in [0.5, 0.6) is 5.75 Å². The van der Waals surface area contributed by atoms with Crippen LogP contribution >= 0.6 is 0 Å². The van der Waals surface area contributed by atoms with E-state index in [4.69, 9.17) is 9.47 Å². The molecule has 2 aromatic carbocycles. The van der Waals surface area contributed by atoms with Crippen molar-refractivity contribution in [2.75, 3.05) is 26.3 Å². The average Bonchev–Trinajstić information content (AvgIpc) is 2.62. The van der Waals surface area contributed by atoms with E-state index in [0.717, 1.165) is 45.0 Å². The predicted molar refractivity (Wildman–Crippen MR) is 97.4 cm³/mol. The summed E-state index contributed by atoms with van der Waals surface area (Å²) in [6.07, 6.45) is 1.00. The predicted octanol–water partition coefficient (Wildman–Crippen LogP) is 3.97. The van der Waals surface area contributed by atoms with Gasteiger partial charge in [0.15, 0.2) is 0 Å². The van der Waals surface area contributed by atoms with Crippen molar-refractivity contribution in [1.29, 1.82) is 0 Å². The summed E-state index contributed by atoms with van der Waals surface area (Å²) in [6, 6.07) is 15.1. The summed E-state index contributed by atoms with van der Waals surface area (Å²) in [5.74, 6) is 1.01.